The van der Waals surface area contributed by atoms with Gasteiger partial charge in [-0.3, -0.25) is 4.68 Å². The second kappa shape index (κ2) is 5.65. The molecule has 0 amide bonds. The Bertz CT molecular complexity index is 545. The Labute approximate surface area is 113 Å². The quantitative estimate of drug-likeness (QED) is 0.862. The molecule has 5 nitrogen and oxygen atoms in total. The summed E-state index contributed by atoms with van der Waals surface area (Å²) >= 11 is 0. The van der Waals surface area contributed by atoms with Crippen LogP contribution in [0.15, 0.2) is 24.3 Å². The number of anilines is 2. The largest absolute Gasteiger partial charge is 0.497 e. The van der Waals surface area contributed by atoms with Gasteiger partial charge in [-0.25, -0.2) is 0 Å². The maximum atomic E-state index is 5.96. The summed E-state index contributed by atoms with van der Waals surface area (Å²) in [5.74, 6) is 1.76. The number of ether oxygens (including phenoxy) is 1. The van der Waals surface area contributed by atoms with Crippen LogP contribution in [0.2, 0.25) is 0 Å². The Kier molecular flexibility index (Phi) is 3.94. The minimum Gasteiger partial charge on any atom is -0.497 e. The van der Waals surface area contributed by atoms with Crippen LogP contribution in [0.5, 0.6) is 5.75 Å². The van der Waals surface area contributed by atoms with E-state index in [0.29, 0.717) is 0 Å². The highest BCUT2D eigenvalue weighted by molar-refractivity contribution is 5.64. The van der Waals surface area contributed by atoms with Crippen LogP contribution in [0.4, 0.5) is 11.5 Å². The van der Waals surface area contributed by atoms with Gasteiger partial charge >= 0.3 is 0 Å². The molecular formula is C14H20N4O. The summed E-state index contributed by atoms with van der Waals surface area (Å²) in [5, 5.41) is 7.59. The molecule has 1 aromatic heterocycles. The monoisotopic (exact) mass is 260 g/mol. The molecule has 5 heteroatoms. The van der Waals surface area contributed by atoms with Crippen molar-refractivity contribution in [2.24, 2.45) is 7.05 Å². The lowest BCUT2D eigenvalue weighted by Crippen LogP contribution is -2.10. The van der Waals surface area contributed by atoms with Crippen LogP contribution in [0.25, 0.3) is 0 Å². The van der Waals surface area contributed by atoms with Crippen molar-refractivity contribution in [3.63, 3.8) is 0 Å². The van der Waals surface area contributed by atoms with Crippen molar-refractivity contribution in [2.45, 2.75) is 13.3 Å². The van der Waals surface area contributed by atoms with Gasteiger partial charge in [0.05, 0.1) is 18.5 Å². The minimum atomic E-state index is 0.720. The fourth-order valence-corrected chi connectivity index (χ4v) is 2.00. The van der Waals surface area contributed by atoms with Crippen molar-refractivity contribution in [2.75, 3.05) is 24.7 Å². The van der Waals surface area contributed by atoms with Gasteiger partial charge < -0.3 is 15.8 Å². The van der Waals surface area contributed by atoms with Gasteiger partial charge in [0, 0.05) is 13.6 Å². The molecule has 0 fully saturated rings. The standard InChI is InChI=1S/C14H20N4O/c1-10-13(15)14(18(2)17-10)16-9-8-11-4-6-12(19-3)7-5-11/h4-7,16H,8-9,15H2,1-3H3. The molecule has 0 aliphatic heterocycles. The van der Waals surface area contributed by atoms with E-state index in [1.165, 1.54) is 5.56 Å². The molecule has 19 heavy (non-hydrogen) atoms. The van der Waals surface area contributed by atoms with Gasteiger partial charge in [-0.15, -0.1) is 0 Å². The van der Waals surface area contributed by atoms with E-state index >= 15 is 0 Å². The fraction of sp³-hybridized carbons (Fsp3) is 0.357. The highest BCUT2D eigenvalue weighted by atomic mass is 16.5. The second-order valence-corrected chi connectivity index (χ2v) is 4.50. The van der Waals surface area contributed by atoms with Crippen LogP contribution in [0.1, 0.15) is 11.3 Å². The van der Waals surface area contributed by atoms with Crippen molar-refractivity contribution >= 4 is 11.5 Å². The SMILES string of the molecule is COc1ccc(CCNc2c(N)c(C)nn2C)cc1. The first-order valence-electron chi connectivity index (χ1n) is 6.27. The average Bonchev–Trinajstić information content (AvgIpc) is 2.66. The molecule has 0 saturated heterocycles. The van der Waals surface area contributed by atoms with Crippen LogP contribution in [0.3, 0.4) is 0 Å². The molecule has 0 bridgehead atoms. The summed E-state index contributed by atoms with van der Waals surface area (Å²) < 4.78 is 6.91. The minimum absolute atomic E-state index is 0.720. The van der Waals surface area contributed by atoms with Gasteiger partial charge in [-0.2, -0.15) is 5.10 Å². The smallest absolute Gasteiger partial charge is 0.147 e. The number of rotatable bonds is 5. The molecule has 0 aliphatic rings. The Hall–Kier alpha value is -2.17. The molecule has 0 atom stereocenters. The highest BCUT2D eigenvalue weighted by Gasteiger charge is 2.08. The Morgan fingerprint density at radius 2 is 2.00 bits per heavy atom. The van der Waals surface area contributed by atoms with Crippen LogP contribution in [0, 0.1) is 6.92 Å². The van der Waals surface area contributed by atoms with E-state index in [1.54, 1.807) is 11.8 Å². The fourth-order valence-electron chi connectivity index (χ4n) is 2.00. The van der Waals surface area contributed by atoms with Gasteiger partial charge in [0.2, 0.25) is 0 Å². The molecule has 1 aromatic carbocycles. The zero-order chi connectivity index (χ0) is 13.8. The zero-order valence-corrected chi connectivity index (χ0v) is 11.6. The zero-order valence-electron chi connectivity index (χ0n) is 11.6. The average molecular weight is 260 g/mol. The van der Waals surface area contributed by atoms with E-state index in [9.17, 15) is 0 Å². The highest BCUT2D eigenvalue weighted by Crippen LogP contribution is 2.20. The number of hydrogen-bond donors (Lipinski definition) is 2. The maximum absolute atomic E-state index is 5.96. The number of nitrogens with one attached hydrogen (secondary N) is 1. The molecule has 2 rings (SSSR count). The molecule has 0 saturated carbocycles. The summed E-state index contributed by atoms with van der Waals surface area (Å²) in [6, 6.07) is 8.08. The molecule has 102 valence electrons. The number of hydrogen-bond acceptors (Lipinski definition) is 4. The third-order valence-electron chi connectivity index (χ3n) is 3.13. The molecular weight excluding hydrogens is 240 g/mol. The van der Waals surface area contributed by atoms with Crippen LogP contribution in [-0.4, -0.2) is 23.4 Å². The van der Waals surface area contributed by atoms with Gasteiger partial charge in [-0.1, -0.05) is 12.1 Å². The predicted molar refractivity (Wildman–Crippen MR) is 77.5 cm³/mol. The van der Waals surface area contributed by atoms with E-state index < -0.39 is 0 Å². The summed E-state index contributed by atoms with van der Waals surface area (Å²) in [4.78, 5) is 0. The van der Waals surface area contributed by atoms with E-state index in [1.807, 2.05) is 26.1 Å². The van der Waals surface area contributed by atoms with Crippen molar-refractivity contribution in [1.82, 2.24) is 9.78 Å². The summed E-state index contributed by atoms with van der Waals surface area (Å²) in [7, 11) is 3.56. The maximum Gasteiger partial charge on any atom is 0.147 e. The molecule has 0 radical (unpaired) electrons. The van der Waals surface area contributed by atoms with Crippen molar-refractivity contribution in [1.29, 1.82) is 0 Å². The van der Waals surface area contributed by atoms with Gasteiger partial charge in [0.25, 0.3) is 0 Å². The molecule has 2 aromatic rings. The van der Waals surface area contributed by atoms with Crippen LogP contribution < -0.4 is 15.8 Å². The first-order valence-corrected chi connectivity index (χ1v) is 6.27. The number of methoxy groups -OCH3 is 1. The van der Waals surface area contributed by atoms with Crippen molar-refractivity contribution in [3.05, 3.63) is 35.5 Å². The van der Waals surface area contributed by atoms with Crippen molar-refractivity contribution < 1.29 is 4.74 Å². The normalized spacial score (nSPS) is 10.5. The second-order valence-electron chi connectivity index (χ2n) is 4.50. The third-order valence-corrected chi connectivity index (χ3v) is 3.13. The van der Waals surface area contributed by atoms with Gasteiger partial charge in [0.1, 0.15) is 11.6 Å². The third kappa shape index (κ3) is 2.99. The number of nitrogen functional groups attached to an aromatic ring is 1. The lowest BCUT2D eigenvalue weighted by atomic mass is 10.1. The lowest BCUT2D eigenvalue weighted by molar-refractivity contribution is 0.414. The summed E-state index contributed by atoms with van der Waals surface area (Å²) in [6.07, 6.45) is 0.924. The first kappa shape index (κ1) is 13.3. The van der Waals surface area contributed by atoms with E-state index in [-0.39, 0.29) is 0 Å². The Morgan fingerprint density at radius 3 is 2.53 bits per heavy atom. The van der Waals surface area contributed by atoms with Crippen LogP contribution in [-0.2, 0) is 13.5 Å². The topological polar surface area (TPSA) is 65.1 Å². The number of nitrogens with zero attached hydrogens (tertiary/aromatic N) is 2. The van der Waals surface area contributed by atoms with E-state index in [0.717, 1.165) is 35.9 Å². The first-order chi connectivity index (χ1) is 9.11. The number of aromatic nitrogens is 2. The van der Waals surface area contributed by atoms with E-state index in [4.69, 9.17) is 10.5 Å². The van der Waals surface area contributed by atoms with Gasteiger partial charge in [-0.05, 0) is 31.0 Å². The Balaban J connectivity index is 1.92. The van der Waals surface area contributed by atoms with Crippen LogP contribution >= 0.6 is 0 Å². The van der Waals surface area contributed by atoms with Crippen molar-refractivity contribution in [3.8, 4) is 5.75 Å². The van der Waals surface area contributed by atoms with Gasteiger partial charge in [0.15, 0.2) is 0 Å². The van der Waals surface area contributed by atoms with E-state index in [2.05, 4.69) is 22.5 Å². The Morgan fingerprint density at radius 1 is 1.32 bits per heavy atom. The molecule has 0 spiro atoms. The number of nitrogens with two attached hydrogens (primary N) is 1. The predicted octanol–water partition coefficient (Wildman–Crippen LogP) is 1.97. The number of aryl methyl sites for hydroxylation is 2. The summed E-state index contributed by atoms with van der Waals surface area (Å²) in [5.41, 5.74) is 8.79. The molecule has 0 aliphatic carbocycles. The molecule has 1 heterocycles. The molecule has 0 unspecified atom stereocenters. The lowest BCUT2D eigenvalue weighted by Gasteiger charge is -2.08. The summed E-state index contributed by atoms with van der Waals surface area (Å²) in [6.45, 7) is 2.72. The number of benzene rings is 1. The molecule has 3 N–H and O–H groups in total.